The molecule has 0 aromatic carbocycles. The molecule has 3 amide bonds. The van der Waals surface area contributed by atoms with Gasteiger partial charge in [0.1, 0.15) is 0 Å². The van der Waals surface area contributed by atoms with Gasteiger partial charge in [-0.05, 0) is 6.42 Å². The normalized spacial score (nSPS) is 14.4. The summed E-state index contributed by atoms with van der Waals surface area (Å²) in [5.41, 5.74) is 1.35. The monoisotopic (exact) mass is 339 g/mol. The molecule has 0 unspecified atom stereocenters. The van der Waals surface area contributed by atoms with Crippen molar-refractivity contribution in [1.29, 1.82) is 0 Å². The van der Waals surface area contributed by atoms with Crippen LogP contribution in [0.5, 0.6) is 0 Å². The van der Waals surface area contributed by atoms with E-state index in [0.717, 1.165) is 4.90 Å². The largest absolute Gasteiger partial charge is 0.490 e. The highest BCUT2D eigenvalue weighted by atomic mass is 19.4. The molecule has 0 spiro atoms. The van der Waals surface area contributed by atoms with E-state index < -0.39 is 17.6 Å². The van der Waals surface area contributed by atoms with Gasteiger partial charge < -0.3 is 5.11 Å². The number of hydrogen-bond donors (Lipinski definition) is 3. The number of aliphatic carboxylic acids is 1. The number of alkyl halides is 3. The Morgan fingerprint density at radius 2 is 1.61 bits per heavy atom. The highest BCUT2D eigenvalue weighted by Crippen LogP contribution is 2.21. The Morgan fingerprint density at radius 3 is 1.91 bits per heavy atom. The van der Waals surface area contributed by atoms with Crippen LogP contribution in [0.4, 0.5) is 13.2 Å². The summed E-state index contributed by atoms with van der Waals surface area (Å²) in [6, 6.07) is 0. The molecule has 0 fully saturated rings. The van der Waals surface area contributed by atoms with Gasteiger partial charge in [-0.15, -0.1) is 0 Å². The van der Waals surface area contributed by atoms with Crippen molar-refractivity contribution in [2.24, 2.45) is 11.3 Å². The lowest BCUT2D eigenvalue weighted by molar-refractivity contribution is -0.192. The first-order valence-electron chi connectivity index (χ1n) is 6.17. The number of nitrogens with two attached hydrogens (primary N) is 1. The smallest absolute Gasteiger partial charge is 0.475 e. The van der Waals surface area contributed by atoms with Gasteiger partial charge in [0.05, 0.1) is 0 Å². The van der Waals surface area contributed by atoms with Gasteiger partial charge >= 0.3 is 12.1 Å². The minimum atomic E-state index is -5.08. The summed E-state index contributed by atoms with van der Waals surface area (Å²) < 4.78 is 31.7. The molecule has 23 heavy (non-hydrogen) atoms. The number of nitrogens with zero attached hydrogens (tertiary/aromatic N) is 1. The van der Waals surface area contributed by atoms with Crippen molar-refractivity contribution in [2.45, 2.75) is 26.4 Å². The van der Waals surface area contributed by atoms with Crippen LogP contribution in [0.25, 0.3) is 0 Å². The van der Waals surface area contributed by atoms with E-state index in [2.05, 4.69) is 5.43 Å². The fraction of sp³-hybridized carbons (Fsp3) is 0.500. The molecule has 0 aromatic rings. The number of nitrogens with one attached hydrogen (secondary N) is 1. The standard InChI is InChI=1S/C10H15N3O3.C2HF3O2/c1-10(2,9(16)12-11)5-6-13-7(14)3-4-8(13)15;3-2(4,5)1(6)7/h3-4H,5-6,11H2,1-2H3,(H,12,16);(H,6,7). The first-order chi connectivity index (χ1) is 10.3. The van der Waals surface area contributed by atoms with Crippen LogP contribution >= 0.6 is 0 Å². The topological polar surface area (TPSA) is 130 Å². The number of amides is 3. The molecule has 0 radical (unpaired) electrons. The van der Waals surface area contributed by atoms with Crippen molar-refractivity contribution in [3.05, 3.63) is 12.2 Å². The fourth-order valence-electron chi connectivity index (χ4n) is 1.35. The van der Waals surface area contributed by atoms with Crippen molar-refractivity contribution >= 4 is 23.7 Å². The minimum absolute atomic E-state index is 0.213. The molecule has 1 aliphatic rings. The Balaban J connectivity index is 0.000000585. The fourth-order valence-corrected chi connectivity index (χ4v) is 1.35. The van der Waals surface area contributed by atoms with Crippen LogP contribution in [0.2, 0.25) is 0 Å². The van der Waals surface area contributed by atoms with Gasteiger partial charge in [0.25, 0.3) is 11.8 Å². The summed E-state index contributed by atoms with van der Waals surface area (Å²) in [7, 11) is 0. The van der Waals surface area contributed by atoms with Crippen LogP contribution in [-0.4, -0.2) is 46.4 Å². The number of hydrogen-bond acceptors (Lipinski definition) is 5. The average molecular weight is 339 g/mol. The predicted molar refractivity (Wildman–Crippen MR) is 70.3 cm³/mol. The van der Waals surface area contributed by atoms with Gasteiger partial charge in [0, 0.05) is 24.1 Å². The van der Waals surface area contributed by atoms with E-state index in [-0.39, 0.29) is 24.3 Å². The zero-order valence-corrected chi connectivity index (χ0v) is 12.3. The number of carboxylic acids is 1. The maximum Gasteiger partial charge on any atom is 0.490 e. The zero-order chi connectivity index (χ0) is 18.4. The number of imide groups is 1. The van der Waals surface area contributed by atoms with Gasteiger partial charge in [0.2, 0.25) is 5.91 Å². The quantitative estimate of drug-likeness (QED) is 0.285. The molecule has 8 nitrogen and oxygen atoms in total. The molecular formula is C12H16F3N3O5. The van der Waals surface area contributed by atoms with Gasteiger partial charge in [-0.2, -0.15) is 13.2 Å². The van der Waals surface area contributed by atoms with E-state index in [9.17, 15) is 27.6 Å². The van der Waals surface area contributed by atoms with Crippen LogP contribution in [0.15, 0.2) is 12.2 Å². The average Bonchev–Trinajstić information content (AvgIpc) is 2.74. The van der Waals surface area contributed by atoms with E-state index in [0.29, 0.717) is 6.42 Å². The molecule has 1 rings (SSSR count). The number of rotatable bonds is 4. The Kier molecular flexibility index (Phi) is 6.90. The van der Waals surface area contributed by atoms with E-state index in [1.54, 1.807) is 13.8 Å². The number of hydrazine groups is 1. The summed E-state index contributed by atoms with van der Waals surface area (Å²) in [6.45, 7) is 3.62. The van der Waals surface area contributed by atoms with Crippen LogP contribution in [-0.2, 0) is 19.2 Å². The predicted octanol–water partition coefficient (Wildman–Crippen LogP) is -0.0491. The van der Waals surface area contributed by atoms with Gasteiger partial charge in [-0.3, -0.25) is 24.7 Å². The Morgan fingerprint density at radius 1 is 1.22 bits per heavy atom. The number of carbonyl (C=O) groups excluding carboxylic acids is 3. The molecule has 0 saturated carbocycles. The summed E-state index contributed by atoms with van der Waals surface area (Å²) in [4.78, 5) is 43.8. The lowest BCUT2D eigenvalue weighted by Crippen LogP contribution is -2.43. The van der Waals surface area contributed by atoms with Crippen LogP contribution in [0, 0.1) is 5.41 Å². The Hall–Kier alpha value is -2.43. The van der Waals surface area contributed by atoms with Gasteiger partial charge in [-0.1, -0.05) is 13.8 Å². The first-order valence-corrected chi connectivity index (χ1v) is 6.17. The number of halogens is 3. The Labute approximate surface area is 129 Å². The van der Waals surface area contributed by atoms with Crippen molar-refractivity contribution in [3.8, 4) is 0 Å². The lowest BCUT2D eigenvalue weighted by atomic mass is 9.88. The third kappa shape index (κ3) is 6.46. The van der Waals surface area contributed by atoms with Crippen molar-refractivity contribution < 1.29 is 37.5 Å². The third-order valence-electron chi connectivity index (χ3n) is 2.85. The second-order valence-corrected chi connectivity index (χ2v) is 5.07. The number of carbonyl (C=O) groups is 4. The van der Waals surface area contributed by atoms with E-state index in [1.807, 2.05) is 0 Å². The number of carboxylic acid groups (broad SMARTS) is 1. The van der Waals surface area contributed by atoms with Crippen molar-refractivity contribution in [3.63, 3.8) is 0 Å². The lowest BCUT2D eigenvalue weighted by Gasteiger charge is -2.24. The molecular weight excluding hydrogens is 323 g/mol. The molecule has 130 valence electrons. The third-order valence-corrected chi connectivity index (χ3v) is 2.85. The molecule has 1 heterocycles. The summed E-state index contributed by atoms with van der Waals surface area (Å²) >= 11 is 0. The highest BCUT2D eigenvalue weighted by molar-refractivity contribution is 6.12. The molecule has 0 bridgehead atoms. The molecule has 0 atom stereocenters. The van der Waals surface area contributed by atoms with Crippen LogP contribution in [0.1, 0.15) is 20.3 Å². The Bertz CT molecular complexity index is 511. The minimum Gasteiger partial charge on any atom is -0.475 e. The summed E-state index contributed by atoms with van der Waals surface area (Å²) in [5, 5.41) is 7.12. The highest BCUT2D eigenvalue weighted by Gasteiger charge is 2.38. The maximum atomic E-state index is 11.4. The van der Waals surface area contributed by atoms with Crippen molar-refractivity contribution in [1.82, 2.24) is 10.3 Å². The maximum absolute atomic E-state index is 11.4. The molecule has 4 N–H and O–H groups in total. The van der Waals surface area contributed by atoms with E-state index in [4.69, 9.17) is 15.7 Å². The summed E-state index contributed by atoms with van der Waals surface area (Å²) in [5.74, 6) is 1.28. The van der Waals surface area contributed by atoms with E-state index >= 15 is 0 Å². The van der Waals surface area contributed by atoms with Gasteiger partial charge in [0.15, 0.2) is 0 Å². The molecule has 0 aromatic heterocycles. The van der Waals surface area contributed by atoms with E-state index in [1.165, 1.54) is 12.2 Å². The zero-order valence-electron chi connectivity index (χ0n) is 12.3. The first kappa shape index (κ1) is 20.6. The second-order valence-electron chi connectivity index (χ2n) is 5.07. The van der Waals surface area contributed by atoms with Crippen LogP contribution < -0.4 is 11.3 Å². The van der Waals surface area contributed by atoms with Gasteiger partial charge in [-0.25, -0.2) is 10.6 Å². The summed E-state index contributed by atoms with van der Waals surface area (Å²) in [6.07, 6.45) is -2.27. The SMILES string of the molecule is CC(C)(CCN1C(=O)C=CC1=O)C(=O)NN.O=C(O)C(F)(F)F. The second kappa shape index (κ2) is 7.72. The molecule has 0 saturated heterocycles. The molecule has 11 heteroatoms. The molecule has 0 aliphatic carbocycles. The van der Waals surface area contributed by atoms with Crippen LogP contribution in [0.3, 0.4) is 0 Å². The van der Waals surface area contributed by atoms with Crippen molar-refractivity contribution in [2.75, 3.05) is 6.54 Å². The molecule has 1 aliphatic heterocycles.